The molecule has 0 amide bonds. The second-order valence-electron chi connectivity index (χ2n) is 5.35. The van der Waals surface area contributed by atoms with Crippen LogP contribution in [0.3, 0.4) is 0 Å². The lowest BCUT2D eigenvalue weighted by Crippen LogP contribution is -2.63. The van der Waals surface area contributed by atoms with Gasteiger partial charge in [-0.3, -0.25) is 0 Å². The van der Waals surface area contributed by atoms with E-state index in [0.29, 0.717) is 0 Å². The lowest BCUT2D eigenvalue weighted by atomic mass is 9.86. The van der Waals surface area contributed by atoms with Gasteiger partial charge in [0.1, 0.15) is 5.60 Å². The number of hydrogen-bond donors (Lipinski definition) is 0. The SMILES string of the molecule is CC(C)(C)OC(=O)OC1(F)CC[C](F)C(F)(F)C1(F)F. The van der Waals surface area contributed by atoms with Crippen molar-refractivity contribution in [3.8, 4) is 0 Å². The van der Waals surface area contributed by atoms with Crippen LogP contribution in [0.5, 0.6) is 0 Å². The molecule has 0 bridgehead atoms. The highest BCUT2D eigenvalue weighted by Crippen LogP contribution is 2.57. The average Bonchev–Trinajstić information content (AvgIpc) is 2.20. The summed E-state index contributed by atoms with van der Waals surface area (Å²) < 4.78 is 87.6. The molecular weight excluding hydrogens is 294 g/mol. The van der Waals surface area contributed by atoms with E-state index in [1.165, 1.54) is 20.8 Å². The van der Waals surface area contributed by atoms with E-state index in [9.17, 15) is 31.1 Å². The number of rotatable bonds is 1. The molecule has 1 saturated carbocycles. The molecule has 1 fully saturated rings. The van der Waals surface area contributed by atoms with Crippen molar-refractivity contribution in [2.24, 2.45) is 0 Å². The molecule has 3 nitrogen and oxygen atoms in total. The Balaban J connectivity index is 2.95. The molecule has 117 valence electrons. The van der Waals surface area contributed by atoms with Crippen molar-refractivity contribution in [2.75, 3.05) is 0 Å². The number of carbonyl (C=O) groups is 1. The molecule has 0 heterocycles. The third-order valence-electron chi connectivity index (χ3n) is 2.50. The zero-order valence-corrected chi connectivity index (χ0v) is 10.9. The van der Waals surface area contributed by atoms with Gasteiger partial charge in [-0.05, 0) is 27.2 Å². The Morgan fingerprint density at radius 1 is 1.15 bits per heavy atom. The molecule has 0 saturated heterocycles. The van der Waals surface area contributed by atoms with Crippen LogP contribution in [0.15, 0.2) is 0 Å². The minimum atomic E-state index is -5.53. The van der Waals surface area contributed by atoms with Crippen LogP contribution >= 0.6 is 0 Å². The molecule has 1 rings (SSSR count). The Bertz CT molecular complexity index is 392. The molecule has 0 aromatic carbocycles. The summed E-state index contributed by atoms with van der Waals surface area (Å²) >= 11 is 0. The van der Waals surface area contributed by atoms with E-state index in [-0.39, 0.29) is 0 Å². The van der Waals surface area contributed by atoms with Crippen molar-refractivity contribution in [3.63, 3.8) is 0 Å². The van der Waals surface area contributed by atoms with Crippen LogP contribution in [0.4, 0.5) is 31.1 Å². The van der Waals surface area contributed by atoms with Gasteiger partial charge in [0.2, 0.25) is 6.17 Å². The number of alkyl halides is 5. The fourth-order valence-electron chi connectivity index (χ4n) is 1.51. The first-order valence-corrected chi connectivity index (χ1v) is 5.61. The molecule has 0 spiro atoms. The topological polar surface area (TPSA) is 35.5 Å². The summed E-state index contributed by atoms with van der Waals surface area (Å²) in [6.45, 7) is 4.00. The third-order valence-corrected chi connectivity index (χ3v) is 2.50. The summed E-state index contributed by atoms with van der Waals surface area (Å²) in [5, 5.41) is 0. The smallest absolute Gasteiger partial charge is 0.428 e. The predicted molar refractivity (Wildman–Crippen MR) is 54.6 cm³/mol. The molecule has 9 heteroatoms. The minimum absolute atomic E-state index is 1.20. The molecule has 1 aliphatic carbocycles. The molecule has 1 radical (unpaired) electrons. The van der Waals surface area contributed by atoms with Gasteiger partial charge in [0.15, 0.2) is 0 Å². The Morgan fingerprint density at radius 2 is 1.65 bits per heavy atom. The van der Waals surface area contributed by atoms with E-state index in [2.05, 4.69) is 9.47 Å². The van der Waals surface area contributed by atoms with Crippen molar-refractivity contribution in [2.45, 2.75) is 56.9 Å². The maximum absolute atomic E-state index is 13.9. The van der Waals surface area contributed by atoms with Gasteiger partial charge in [0.05, 0.1) is 0 Å². The van der Waals surface area contributed by atoms with E-state index < -0.39 is 48.5 Å². The number of halogens is 6. The number of ether oxygens (including phenoxy) is 2. The minimum Gasteiger partial charge on any atom is -0.428 e. The fourth-order valence-corrected chi connectivity index (χ4v) is 1.51. The molecule has 0 aromatic rings. The van der Waals surface area contributed by atoms with E-state index in [1.807, 2.05) is 0 Å². The predicted octanol–water partition coefficient (Wildman–Crippen LogP) is 4.17. The van der Waals surface area contributed by atoms with Crippen LogP contribution in [0.25, 0.3) is 0 Å². The lowest BCUT2D eigenvalue weighted by molar-refractivity contribution is -0.352. The van der Waals surface area contributed by atoms with Gasteiger partial charge in [-0.25, -0.2) is 9.18 Å². The first kappa shape index (κ1) is 16.9. The summed E-state index contributed by atoms with van der Waals surface area (Å²) in [6, 6.07) is 0. The van der Waals surface area contributed by atoms with E-state index in [1.54, 1.807) is 0 Å². The quantitative estimate of drug-likeness (QED) is 0.539. The van der Waals surface area contributed by atoms with Crippen molar-refractivity contribution in [1.82, 2.24) is 0 Å². The second kappa shape index (κ2) is 4.70. The van der Waals surface area contributed by atoms with Gasteiger partial charge in [0, 0.05) is 6.42 Å². The van der Waals surface area contributed by atoms with Crippen molar-refractivity contribution < 1.29 is 40.6 Å². The van der Waals surface area contributed by atoms with Crippen LogP contribution in [-0.2, 0) is 9.47 Å². The number of hydrogen-bond acceptors (Lipinski definition) is 3. The summed E-state index contributed by atoms with van der Waals surface area (Å²) in [5.41, 5.74) is -1.20. The highest BCUT2D eigenvalue weighted by Gasteiger charge is 2.78. The molecule has 20 heavy (non-hydrogen) atoms. The largest absolute Gasteiger partial charge is 0.511 e. The number of carbonyl (C=O) groups excluding carboxylic acids is 1. The zero-order chi connectivity index (χ0) is 16.0. The zero-order valence-electron chi connectivity index (χ0n) is 10.9. The first-order valence-electron chi connectivity index (χ1n) is 5.61. The monoisotopic (exact) mass is 307 g/mol. The summed E-state index contributed by atoms with van der Waals surface area (Å²) in [6.07, 6.45) is -6.95. The Kier molecular flexibility index (Phi) is 3.97. The third kappa shape index (κ3) is 2.80. The van der Waals surface area contributed by atoms with Crippen molar-refractivity contribution in [1.29, 1.82) is 0 Å². The fraction of sp³-hybridized carbons (Fsp3) is 0.818. The average molecular weight is 307 g/mol. The van der Waals surface area contributed by atoms with E-state index in [0.717, 1.165) is 0 Å². The summed E-state index contributed by atoms with van der Waals surface area (Å²) in [5.74, 6) is -15.2. The van der Waals surface area contributed by atoms with Crippen LogP contribution < -0.4 is 0 Å². The van der Waals surface area contributed by atoms with Gasteiger partial charge in [-0.15, -0.1) is 0 Å². The normalized spacial score (nSPS) is 29.9. The van der Waals surface area contributed by atoms with Crippen LogP contribution in [0, 0.1) is 6.17 Å². The summed E-state index contributed by atoms with van der Waals surface area (Å²) in [4.78, 5) is 11.1. The van der Waals surface area contributed by atoms with Gasteiger partial charge in [0.25, 0.3) is 0 Å². The van der Waals surface area contributed by atoms with Crippen molar-refractivity contribution in [3.05, 3.63) is 6.17 Å². The lowest BCUT2D eigenvalue weighted by Gasteiger charge is -2.41. The standard InChI is InChI=1S/C11H13F6O3/c1-8(2,3)19-7(18)20-9(13)5-4-6(12)10(14,15)11(9,16)17/h4-5H2,1-3H3. The summed E-state index contributed by atoms with van der Waals surface area (Å²) in [7, 11) is 0. The van der Waals surface area contributed by atoms with Gasteiger partial charge < -0.3 is 9.47 Å². The Labute approximate surface area is 111 Å². The molecule has 1 atom stereocenters. The maximum Gasteiger partial charge on any atom is 0.511 e. The molecule has 1 aliphatic rings. The van der Waals surface area contributed by atoms with Crippen LogP contribution in [0.2, 0.25) is 0 Å². The van der Waals surface area contributed by atoms with Crippen molar-refractivity contribution >= 4 is 6.16 Å². The first-order chi connectivity index (χ1) is 8.73. The van der Waals surface area contributed by atoms with Gasteiger partial charge >= 0.3 is 23.9 Å². The van der Waals surface area contributed by atoms with Gasteiger partial charge in [-0.2, -0.15) is 22.0 Å². The van der Waals surface area contributed by atoms with Crippen LogP contribution in [-0.4, -0.2) is 29.5 Å². The Hall–Kier alpha value is -1.15. The van der Waals surface area contributed by atoms with Gasteiger partial charge in [-0.1, -0.05) is 0 Å². The highest BCUT2D eigenvalue weighted by atomic mass is 19.3. The highest BCUT2D eigenvalue weighted by molar-refractivity contribution is 5.61. The molecule has 0 aromatic heterocycles. The van der Waals surface area contributed by atoms with E-state index >= 15 is 0 Å². The molecular formula is C11H13F6O3. The van der Waals surface area contributed by atoms with E-state index in [4.69, 9.17) is 0 Å². The second-order valence-corrected chi connectivity index (χ2v) is 5.35. The molecule has 0 N–H and O–H groups in total. The maximum atomic E-state index is 13.9. The van der Waals surface area contributed by atoms with Crippen LogP contribution in [0.1, 0.15) is 33.6 Å². The Morgan fingerprint density at radius 3 is 2.10 bits per heavy atom. The molecule has 0 aliphatic heterocycles. The molecule has 1 unspecified atom stereocenters.